The lowest BCUT2D eigenvalue weighted by atomic mass is 9.81. The Morgan fingerprint density at radius 2 is 1.83 bits per heavy atom. The first-order chi connectivity index (χ1) is 16.9. The number of nitrogens with two attached hydrogens (primary N) is 1. The van der Waals surface area contributed by atoms with Gasteiger partial charge < -0.3 is 20.9 Å². The van der Waals surface area contributed by atoms with Crippen molar-refractivity contribution in [3.63, 3.8) is 0 Å². The van der Waals surface area contributed by atoms with E-state index in [0.717, 1.165) is 36.9 Å². The molecule has 0 unspecified atom stereocenters. The van der Waals surface area contributed by atoms with Gasteiger partial charge in [-0.15, -0.1) is 0 Å². The van der Waals surface area contributed by atoms with Crippen molar-refractivity contribution in [3.8, 4) is 17.0 Å². The van der Waals surface area contributed by atoms with E-state index in [1.54, 1.807) is 0 Å². The van der Waals surface area contributed by atoms with E-state index >= 15 is 0 Å². The van der Waals surface area contributed by atoms with Crippen molar-refractivity contribution in [3.05, 3.63) is 71.7 Å². The van der Waals surface area contributed by atoms with Gasteiger partial charge in [0.15, 0.2) is 0 Å². The van der Waals surface area contributed by atoms with Crippen LogP contribution < -0.4 is 15.8 Å². The number of ether oxygens (including phenoxy) is 1. The zero-order valence-electron chi connectivity index (χ0n) is 18.6. The monoisotopic (exact) mass is 505 g/mol. The van der Waals surface area contributed by atoms with Crippen molar-refractivity contribution in [2.45, 2.75) is 24.1 Å². The number of rotatable bonds is 6. The molecule has 1 aromatic carbocycles. The molecule has 0 radical (unpaired) electrons. The van der Waals surface area contributed by atoms with Crippen molar-refractivity contribution in [2.75, 3.05) is 13.2 Å². The third-order valence-corrected chi connectivity index (χ3v) is 5.95. The molecule has 9 nitrogen and oxygen atoms in total. The Hall–Kier alpha value is -4.13. The highest BCUT2D eigenvalue weighted by Gasteiger charge is 2.57. The fraction of sp³-hybridized carbons (Fsp3) is 0.261. The number of nitrogens with one attached hydrogen (secondary N) is 1. The molecule has 2 amide bonds. The number of benzene rings is 1. The van der Waals surface area contributed by atoms with Crippen LogP contribution in [0.15, 0.2) is 49.1 Å². The Bertz CT molecular complexity index is 1320. The number of carbonyl (C=O) groups is 2. The number of hydrogen-bond acceptors (Lipinski definition) is 7. The third-order valence-electron chi connectivity index (χ3n) is 5.95. The van der Waals surface area contributed by atoms with Gasteiger partial charge >= 0.3 is 6.18 Å². The number of nitrogens with zero attached hydrogens (tertiary/aromatic N) is 3. The molecule has 4 N–H and O–H groups in total. The molecule has 1 aliphatic heterocycles. The molecule has 0 spiro atoms. The van der Waals surface area contributed by atoms with E-state index in [9.17, 15) is 32.3 Å². The number of alkyl halides is 3. The number of amides is 2. The molecular weight excluding hydrogens is 486 g/mol. The van der Waals surface area contributed by atoms with E-state index < -0.39 is 47.1 Å². The first kappa shape index (κ1) is 25.0. The third kappa shape index (κ3) is 4.21. The van der Waals surface area contributed by atoms with Crippen LogP contribution in [0.1, 0.15) is 28.5 Å². The maximum Gasteiger partial charge on any atom is 0.424 e. The number of hydrogen-bond donors (Lipinski definition) is 3. The van der Waals surface area contributed by atoms with E-state index in [0.29, 0.717) is 0 Å². The maximum absolute atomic E-state index is 14.3. The Kier molecular flexibility index (Phi) is 6.12. The van der Waals surface area contributed by atoms with Crippen molar-refractivity contribution < 1.29 is 37.0 Å². The Labute approximate surface area is 201 Å². The van der Waals surface area contributed by atoms with Gasteiger partial charge in [-0.2, -0.15) is 13.2 Å². The summed E-state index contributed by atoms with van der Waals surface area (Å²) in [5.74, 6) is -2.48. The van der Waals surface area contributed by atoms with Crippen molar-refractivity contribution in [1.82, 2.24) is 20.3 Å². The van der Waals surface area contributed by atoms with Gasteiger partial charge in [0.05, 0.1) is 17.8 Å². The van der Waals surface area contributed by atoms with E-state index in [2.05, 4.69) is 15.0 Å². The van der Waals surface area contributed by atoms with Crippen LogP contribution in [0.2, 0.25) is 0 Å². The number of primary amides is 1. The molecule has 0 aliphatic carbocycles. The van der Waals surface area contributed by atoms with Crippen LogP contribution in [0.5, 0.6) is 5.75 Å². The molecule has 1 aliphatic rings. The molecule has 0 saturated carbocycles. The Morgan fingerprint density at radius 1 is 1.19 bits per heavy atom. The largest absolute Gasteiger partial charge is 0.489 e. The summed E-state index contributed by atoms with van der Waals surface area (Å²) >= 11 is 0. The molecule has 3 heterocycles. The van der Waals surface area contributed by atoms with Gasteiger partial charge in [-0.05, 0) is 37.3 Å². The summed E-state index contributed by atoms with van der Waals surface area (Å²) in [5, 5.41) is 12.9. The van der Waals surface area contributed by atoms with E-state index in [1.807, 2.05) is 5.32 Å². The molecule has 0 fully saturated rings. The summed E-state index contributed by atoms with van der Waals surface area (Å²) < 4.78 is 62.0. The molecule has 0 bridgehead atoms. The van der Waals surface area contributed by atoms with Crippen LogP contribution in [0.25, 0.3) is 11.3 Å². The lowest BCUT2D eigenvalue weighted by Crippen LogP contribution is -2.51. The van der Waals surface area contributed by atoms with E-state index in [-0.39, 0.29) is 34.7 Å². The second-order valence-electron chi connectivity index (χ2n) is 8.39. The first-order valence-corrected chi connectivity index (χ1v) is 10.4. The van der Waals surface area contributed by atoms with Crippen LogP contribution in [0.3, 0.4) is 0 Å². The highest BCUT2D eigenvalue weighted by molar-refractivity contribution is 5.93. The summed E-state index contributed by atoms with van der Waals surface area (Å²) in [6.07, 6.45) is -2.01. The smallest absolute Gasteiger partial charge is 0.424 e. The van der Waals surface area contributed by atoms with E-state index in [1.165, 1.54) is 19.1 Å². The molecule has 13 heteroatoms. The quantitative estimate of drug-likeness (QED) is 0.435. The van der Waals surface area contributed by atoms with Crippen molar-refractivity contribution in [2.24, 2.45) is 5.73 Å². The van der Waals surface area contributed by atoms with Gasteiger partial charge in [0.1, 0.15) is 35.6 Å². The van der Waals surface area contributed by atoms with Crippen LogP contribution in [-0.4, -0.2) is 51.2 Å². The van der Waals surface area contributed by atoms with Crippen molar-refractivity contribution in [1.29, 1.82) is 0 Å². The molecule has 4 rings (SSSR count). The first-order valence-electron chi connectivity index (χ1n) is 10.4. The number of fused-ring (bicyclic) bond motifs is 1. The Morgan fingerprint density at radius 3 is 2.42 bits per heavy atom. The number of aliphatic hydroxyl groups is 1. The predicted octanol–water partition coefficient (Wildman–Crippen LogP) is 1.99. The molecule has 2 aromatic heterocycles. The summed E-state index contributed by atoms with van der Waals surface area (Å²) in [4.78, 5) is 35.8. The summed E-state index contributed by atoms with van der Waals surface area (Å²) in [6, 6.07) is 5.53. The van der Waals surface area contributed by atoms with Crippen LogP contribution in [-0.2, 0) is 15.8 Å². The molecule has 3 aromatic rings. The summed E-state index contributed by atoms with van der Waals surface area (Å²) in [5.41, 5.74) is -0.808. The fourth-order valence-corrected chi connectivity index (χ4v) is 3.67. The van der Waals surface area contributed by atoms with Crippen LogP contribution >= 0.6 is 0 Å². The second-order valence-corrected chi connectivity index (χ2v) is 8.39. The summed E-state index contributed by atoms with van der Waals surface area (Å²) in [7, 11) is 0. The zero-order chi connectivity index (χ0) is 26.3. The van der Waals surface area contributed by atoms with Gasteiger partial charge in [-0.25, -0.2) is 19.3 Å². The lowest BCUT2D eigenvalue weighted by Gasteiger charge is -2.31. The summed E-state index contributed by atoms with van der Waals surface area (Å²) in [6.45, 7) is -0.234. The minimum Gasteiger partial charge on any atom is -0.489 e. The van der Waals surface area contributed by atoms with Crippen LogP contribution in [0, 0.1) is 5.82 Å². The lowest BCUT2D eigenvalue weighted by molar-refractivity contribution is -0.265. The van der Waals surface area contributed by atoms with Crippen molar-refractivity contribution >= 4 is 11.8 Å². The second kappa shape index (κ2) is 8.82. The van der Waals surface area contributed by atoms with Gasteiger partial charge in [0.25, 0.3) is 5.91 Å². The SMILES string of the molecule is C[C@]1(C(N)=O)COc2c1cc([C@@](O)(CNC(=O)c1cncnc1)C(F)(F)F)nc2-c1ccc(F)cc1. The molecule has 2 atom stereocenters. The Balaban J connectivity index is 1.86. The highest BCUT2D eigenvalue weighted by atomic mass is 19.4. The van der Waals surface area contributed by atoms with Gasteiger partial charge in [-0.3, -0.25) is 9.59 Å². The topological polar surface area (TPSA) is 140 Å². The molecule has 0 saturated heterocycles. The molecule has 188 valence electrons. The van der Waals surface area contributed by atoms with Gasteiger partial charge in [-0.1, -0.05) is 0 Å². The normalized spacial score (nSPS) is 18.6. The molecule has 36 heavy (non-hydrogen) atoms. The minimum atomic E-state index is -5.32. The zero-order valence-corrected chi connectivity index (χ0v) is 18.6. The standard InChI is InChI=1S/C23H19F4N5O4/c1-21(20(28)34)10-36-18-15(21)6-16(32-17(18)12-2-4-14(24)5-3-12)22(35,23(25,26)27)9-31-19(33)13-7-29-11-30-8-13/h2-8,11,35H,9-10H2,1H3,(H2,28,34)(H,31,33)/t21-,22-/m0/s1. The maximum atomic E-state index is 14.3. The predicted molar refractivity (Wildman–Crippen MR) is 116 cm³/mol. The van der Waals surface area contributed by atoms with Gasteiger partial charge in [0, 0.05) is 23.5 Å². The van der Waals surface area contributed by atoms with Gasteiger partial charge in [0.2, 0.25) is 11.5 Å². The van der Waals surface area contributed by atoms with Crippen LogP contribution in [0.4, 0.5) is 17.6 Å². The number of carbonyl (C=O) groups excluding carboxylic acids is 2. The molecular formula is C23H19F4N5O4. The van der Waals surface area contributed by atoms with E-state index in [4.69, 9.17) is 10.5 Å². The average Bonchev–Trinajstić information content (AvgIpc) is 3.20. The average molecular weight is 505 g/mol. The number of aromatic nitrogens is 3. The number of pyridine rings is 1. The fourth-order valence-electron chi connectivity index (χ4n) is 3.67. The number of halogens is 4. The minimum absolute atomic E-state index is 0.0262. The highest BCUT2D eigenvalue weighted by Crippen LogP contribution is 2.47.